The van der Waals surface area contributed by atoms with Crippen molar-refractivity contribution in [3.8, 4) is 0 Å². The zero-order valence-electron chi connectivity index (χ0n) is 9.67. The molecule has 0 unspecified atom stereocenters. The van der Waals surface area contributed by atoms with Gasteiger partial charge in [-0.3, -0.25) is 4.79 Å². The van der Waals surface area contributed by atoms with Gasteiger partial charge in [0.2, 0.25) is 5.78 Å². The molecule has 6 nitrogen and oxygen atoms in total. The molecule has 0 aliphatic heterocycles. The maximum Gasteiger partial charge on any atom is 0.357 e. The zero-order valence-corrected chi connectivity index (χ0v) is 11.3. The van der Waals surface area contributed by atoms with E-state index in [9.17, 15) is 9.59 Å². The predicted octanol–water partition coefficient (Wildman–Crippen LogP) is 2.10. The van der Waals surface area contributed by atoms with Crippen LogP contribution in [0.4, 0.5) is 0 Å². The van der Waals surface area contributed by atoms with E-state index in [1.54, 1.807) is 11.7 Å². The molecule has 0 aromatic carbocycles. The number of carbonyl (C=O) groups is 2. The number of nitrogens with zero attached hydrogens (tertiary/aromatic N) is 2. The summed E-state index contributed by atoms with van der Waals surface area (Å²) in [4.78, 5) is 34.6. The molecular formula is C11H7N3O3S2. The molecule has 0 atom stereocenters. The average Bonchev–Trinajstić information content (AvgIpc) is 3.12. The van der Waals surface area contributed by atoms with E-state index in [1.807, 2.05) is 0 Å². The lowest BCUT2D eigenvalue weighted by atomic mass is 10.2. The second-order valence-electron chi connectivity index (χ2n) is 3.59. The summed E-state index contributed by atoms with van der Waals surface area (Å²) in [7, 11) is 1.27. The van der Waals surface area contributed by atoms with Gasteiger partial charge in [-0.15, -0.1) is 22.7 Å². The lowest BCUT2D eigenvalue weighted by Gasteiger charge is -1.93. The van der Waals surface area contributed by atoms with E-state index in [0.29, 0.717) is 11.2 Å². The van der Waals surface area contributed by atoms with Crippen molar-refractivity contribution < 1.29 is 14.3 Å². The molecule has 1 N–H and O–H groups in total. The maximum atomic E-state index is 12.3. The number of aromatic nitrogens is 3. The highest BCUT2D eigenvalue weighted by molar-refractivity contribution is 7.17. The van der Waals surface area contributed by atoms with Crippen LogP contribution in [0.2, 0.25) is 0 Å². The number of hydrogen-bond donors (Lipinski definition) is 1. The molecule has 19 heavy (non-hydrogen) atoms. The fourth-order valence-electron chi connectivity index (χ4n) is 1.61. The van der Waals surface area contributed by atoms with Crippen molar-refractivity contribution in [1.29, 1.82) is 0 Å². The van der Waals surface area contributed by atoms with Crippen LogP contribution in [0.3, 0.4) is 0 Å². The quantitative estimate of drug-likeness (QED) is 0.590. The molecule has 0 radical (unpaired) electrons. The highest BCUT2D eigenvalue weighted by atomic mass is 32.1. The third-order valence-corrected chi connectivity index (χ3v) is 4.20. The smallest absolute Gasteiger partial charge is 0.357 e. The summed E-state index contributed by atoms with van der Waals surface area (Å²) >= 11 is 2.50. The minimum Gasteiger partial charge on any atom is -0.464 e. The van der Waals surface area contributed by atoms with E-state index in [-0.39, 0.29) is 16.5 Å². The molecule has 0 bridgehead atoms. The van der Waals surface area contributed by atoms with Gasteiger partial charge >= 0.3 is 5.97 Å². The molecule has 0 fully saturated rings. The van der Waals surface area contributed by atoms with E-state index in [1.165, 1.54) is 23.8 Å². The lowest BCUT2D eigenvalue weighted by molar-refractivity contribution is 0.0595. The number of carbonyl (C=O) groups excluding carboxylic acids is 2. The number of methoxy groups -OCH3 is 1. The maximum absolute atomic E-state index is 12.3. The molecule has 0 spiro atoms. The van der Waals surface area contributed by atoms with Crippen LogP contribution in [-0.2, 0) is 4.74 Å². The second-order valence-corrected chi connectivity index (χ2v) is 5.30. The van der Waals surface area contributed by atoms with E-state index in [4.69, 9.17) is 0 Å². The highest BCUT2D eigenvalue weighted by Crippen LogP contribution is 2.25. The summed E-state index contributed by atoms with van der Waals surface area (Å²) in [5, 5.41) is 1.77. The van der Waals surface area contributed by atoms with Gasteiger partial charge in [0.25, 0.3) is 0 Å². The van der Waals surface area contributed by atoms with E-state index >= 15 is 0 Å². The van der Waals surface area contributed by atoms with Gasteiger partial charge in [0, 0.05) is 11.6 Å². The molecular weight excluding hydrogens is 286 g/mol. The summed E-state index contributed by atoms with van der Waals surface area (Å²) in [6.07, 6.45) is 1.61. The van der Waals surface area contributed by atoms with E-state index in [0.717, 1.165) is 16.0 Å². The molecule has 0 saturated heterocycles. The van der Waals surface area contributed by atoms with Crippen LogP contribution < -0.4 is 0 Å². The Morgan fingerprint density at radius 2 is 2.21 bits per heavy atom. The Labute approximate surface area is 115 Å². The Morgan fingerprint density at radius 3 is 3.00 bits per heavy atom. The molecule has 8 heteroatoms. The molecule has 0 aliphatic carbocycles. The molecule has 96 valence electrons. The topological polar surface area (TPSA) is 84.9 Å². The number of thiazole rings is 2. The number of ketones is 1. The molecule has 0 saturated carbocycles. The number of nitrogens with one attached hydrogen (secondary N) is 1. The lowest BCUT2D eigenvalue weighted by Crippen LogP contribution is -2.04. The monoisotopic (exact) mass is 293 g/mol. The Morgan fingerprint density at radius 1 is 1.37 bits per heavy atom. The largest absolute Gasteiger partial charge is 0.464 e. The molecule has 3 rings (SSSR count). The van der Waals surface area contributed by atoms with Crippen LogP contribution in [0.25, 0.3) is 10.3 Å². The van der Waals surface area contributed by atoms with Gasteiger partial charge in [0.15, 0.2) is 10.7 Å². The predicted molar refractivity (Wildman–Crippen MR) is 70.9 cm³/mol. The minimum absolute atomic E-state index is 0.145. The van der Waals surface area contributed by atoms with Gasteiger partial charge in [-0.05, 0) is 0 Å². The van der Waals surface area contributed by atoms with Crippen molar-refractivity contribution in [2.75, 3.05) is 7.11 Å². The summed E-state index contributed by atoms with van der Waals surface area (Å²) in [5.41, 5.74) is 3.01. The number of ether oxygens (including phenoxy) is 1. The summed E-state index contributed by atoms with van der Waals surface area (Å²) < 4.78 is 5.35. The molecule has 3 aromatic heterocycles. The van der Waals surface area contributed by atoms with Gasteiger partial charge in [-0.1, -0.05) is 0 Å². The first-order valence-corrected chi connectivity index (χ1v) is 6.95. The van der Waals surface area contributed by atoms with E-state index < -0.39 is 5.97 Å². The first-order valence-electron chi connectivity index (χ1n) is 5.20. The van der Waals surface area contributed by atoms with Crippen LogP contribution in [0, 0.1) is 0 Å². The standard InChI is InChI=1S/C11H7N3O3S2/c1-17-11(16)6-3-18-10(14-6)7(15)5-2-12-9-8(5)19-4-13-9/h2-4,12H,1H3. The molecule has 3 aromatic rings. The van der Waals surface area contributed by atoms with Crippen LogP contribution in [0.1, 0.15) is 25.9 Å². The number of esters is 1. The number of aromatic amines is 1. The summed E-state index contributed by atoms with van der Waals surface area (Å²) in [6, 6.07) is 0. The second kappa shape index (κ2) is 4.56. The number of hydrogen-bond acceptors (Lipinski definition) is 7. The van der Waals surface area contributed by atoms with Gasteiger partial charge < -0.3 is 9.72 Å². The van der Waals surface area contributed by atoms with Gasteiger partial charge in [0.05, 0.1) is 22.9 Å². The summed E-state index contributed by atoms with van der Waals surface area (Å²) in [5.74, 6) is -0.775. The Balaban J connectivity index is 1.98. The summed E-state index contributed by atoms with van der Waals surface area (Å²) in [6.45, 7) is 0. The van der Waals surface area contributed by atoms with Crippen molar-refractivity contribution in [1.82, 2.24) is 15.0 Å². The van der Waals surface area contributed by atoms with E-state index in [2.05, 4.69) is 19.7 Å². The Hall–Kier alpha value is -2.06. The van der Waals surface area contributed by atoms with Gasteiger partial charge in [-0.25, -0.2) is 14.8 Å². The Kier molecular flexibility index (Phi) is 2.88. The van der Waals surface area contributed by atoms with Crippen LogP contribution in [0.5, 0.6) is 0 Å². The van der Waals surface area contributed by atoms with Crippen molar-refractivity contribution in [3.63, 3.8) is 0 Å². The fraction of sp³-hybridized carbons (Fsp3) is 0.0909. The third kappa shape index (κ3) is 1.94. The first kappa shape index (κ1) is 12.0. The van der Waals surface area contributed by atoms with Crippen molar-refractivity contribution >= 4 is 44.8 Å². The SMILES string of the molecule is COC(=O)c1csc(C(=O)c2c[nH]c3ncsc23)n1. The first-order chi connectivity index (χ1) is 9.20. The highest BCUT2D eigenvalue weighted by Gasteiger charge is 2.20. The van der Waals surface area contributed by atoms with Crippen molar-refractivity contribution in [2.24, 2.45) is 0 Å². The van der Waals surface area contributed by atoms with Gasteiger partial charge in [0.1, 0.15) is 5.65 Å². The van der Waals surface area contributed by atoms with Crippen LogP contribution in [-0.4, -0.2) is 33.8 Å². The van der Waals surface area contributed by atoms with Crippen LogP contribution >= 0.6 is 22.7 Å². The fourth-order valence-corrected chi connectivity index (χ4v) is 3.11. The number of H-pyrrole nitrogens is 1. The minimum atomic E-state index is -0.549. The average molecular weight is 293 g/mol. The van der Waals surface area contributed by atoms with Crippen molar-refractivity contribution in [2.45, 2.75) is 0 Å². The molecule has 3 heterocycles. The number of fused-ring (bicyclic) bond motifs is 1. The van der Waals surface area contributed by atoms with Gasteiger partial charge in [-0.2, -0.15) is 0 Å². The molecule has 0 aliphatic rings. The van der Waals surface area contributed by atoms with Crippen LogP contribution in [0.15, 0.2) is 17.1 Å². The number of rotatable bonds is 3. The van der Waals surface area contributed by atoms with Crippen molar-refractivity contribution in [3.05, 3.63) is 33.4 Å². The third-order valence-electron chi connectivity index (χ3n) is 2.50. The molecule has 0 amide bonds. The Bertz CT molecular complexity index is 771. The normalized spacial score (nSPS) is 10.8. The zero-order chi connectivity index (χ0) is 13.4.